The van der Waals surface area contributed by atoms with Gasteiger partial charge < -0.3 is 0 Å². The molecule has 0 bridgehead atoms. The van der Waals surface area contributed by atoms with E-state index in [1.807, 2.05) is 0 Å². The molecule has 0 atom stereocenters. The average Bonchev–Trinajstić information content (AvgIpc) is 1.37. The fraction of sp³-hybridized carbons (Fsp3) is 0. The van der Waals surface area contributed by atoms with Crippen LogP contribution in [-0.4, -0.2) is 59.1 Å². The van der Waals surface area contributed by atoms with Gasteiger partial charge in [-0.25, -0.2) is 0 Å². The van der Waals surface area contributed by atoms with Gasteiger partial charge in [0.15, 0.2) is 0 Å². The molecule has 2 heteroatoms. The molecule has 0 aromatic heterocycles. The molecule has 0 spiro atoms. The Hall–Kier alpha value is 1.48. The normalized spacial score (nSPS) is 3.33. The topological polar surface area (TPSA) is 0 Å². The molecule has 24 valence electrons. The van der Waals surface area contributed by atoms with Crippen molar-refractivity contribution in [2.24, 2.45) is 0 Å². The predicted octanol–water partition coefficient (Wildman–Crippen LogP) is 0.597. The van der Waals surface area contributed by atoms with Gasteiger partial charge >= 0.3 is 0 Å². The smallest absolute Gasteiger partial charge is 0 e. The Kier molecular flexibility index (Phi) is 41.9. The van der Waals surface area contributed by atoms with Gasteiger partial charge in [0, 0.05) is 59.1 Å². The van der Waals surface area contributed by atoms with Crippen LogP contribution in [0.2, 0.25) is 0 Å². The molecule has 0 saturated heterocycles. The van der Waals surface area contributed by atoms with Crippen molar-refractivity contribution in [3.63, 3.8) is 0 Å². The van der Waals surface area contributed by atoms with Gasteiger partial charge in [-0.1, -0.05) is 25.3 Å². The van der Waals surface area contributed by atoms with E-state index in [1.165, 1.54) is 0 Å². The van der Waals surface area contributed by atoms with Crippen molar-refractivity contribution < 1.29 is 0 Å². The third kappa shape index (κ3) is 17.9. The van der Waals surface area contributed by atoms with Gasteiger partial charge in [-0.3, -0.25) is 0 Å². The first-order valence-electron chi connectivity index (χ1n) is 1.15. The number of rotatable bonds is 1. The summed E-state index contributed by atoms with van der Waals surface area (Å²) in [5.74, 6) is 0. The van der Waals surface area contributed by atoms with Gasteiger partial charge in [0.1, 0.15) is 0 Å². The number of hydrogen-bond acceptors (Lipinski definition) is 0. The van der Waals surface area contributed by atoms with E-state index in [-0.39, 0.29) is 59.1 Å². The largest absolute Gasteiger partial charge is 0.0991 e. The summed E-state index contributed by atoms with van der Waals surface area (Å²) in [6.45, 7) is 6.72. The Morgan fingerprint density at radius 3 is 1.00 bits per heavy atom. The molecular weight excluding hydrogens is 94.0 g/mol. The van der Waals surface area contributed by atoms with Crippen molar-refractivity contribution in [1.29, 1.82) is 0 Å². The molecule has 0 N–H and O–H groups in total. The first-order chi connectivity index (χ1) is 1.91. The standard InChI is InChI=1S/C4H6.2Na/c1-3-4-2;;/h3-4H,1-2H2;;. The van der Waals surface area contributed by atoms with Crippen LogP contribution >= 0.6 is 0 Å². The minimum Gasteiger partial charge on any atom is -0.0991 e. The summed E-state index contributed by atoms with van der Waals surface area (Å²) in [5.41, 5.74) is 0. The first kappa shape index (κ1) is 15.6. The van der Waals surface area contributed by atoms with Crippen LogP contribution in [0, 0.1) is 0 Å². The average molecular weight is 100 g/mol. The van der Waals surface area contributed by atoms with Crippen LogP contribution in [0.3, 0.4) is 0 Å². The Labute approximate surface area is 83.3 Å². The van der Waals surface area contributed by atoms with Gasteiger partial charge in [0.05, 0.1) is 0 Å². The third-order valence-corrected chi connectivity index (χ3v) is 0.167. The minimum atomic E-state index is 0. The molecule has 0 unspecified atom stereocenters. The van der Waals surface area contributed by atoms with Gasteiger partial charge in [-0.15, -0.1) is 0 Å². The number of allylic oxidation sites excluding steroid dienone is 2. The van der Waals surface area contributed by atoms with E-state index >= 15 is 0 Å². The molecule has 2 radical (unpaired) electrons. The van der Waals surface area contributed by atoms with Crippen LogP contribution in [0.25, 0.3) is 0 Å². The monoisotopic (exact) mass is 100 g/mol. The molecule has 6 heavy (non-hydrogen) atoms. The summed E-state index contributed by atoms with van der Waals surface area (Å²) in [7, 11) is 0. The SMILES string of the molecule is C=CC=C.[Na].[Na]. The van der Waals surface area contributed by atoms with E-state index < -0.39 is 0 Å². The van der Waals surface area contributed by atoms with E-state index in [2.05, 4.69) is 13.2 Å². The second-order valence-corrected chi connectivity index (χ2v) is 0.471. The van der Waals surface area contributed by atoms with Crippen LogP contribution in [0.5, 0.6) is 0 Å². The molecule has 0 nitrogen and oxygen atoms in total. The summed E-state index contributed by atoms with van der Waals surface area (Å²) in [5, 5.41) is 0. The maximum absolute atomic E-state index is 3.36. The first-order valence-corrected chi connectivity index (χ1v) is 1.15. The quantitative estimate of drug-likeness (QED) is 0.334. The number of hydrogen-bond donors (Lipinski definition) is 0. The second-order valence-electron chi connectivity index (χ2n) is 0.471. The van der Waals surface area contributed by atoms with E-state index in [4.69, 9.17) is 0 Å². The molecule has 0 amide bonds. The molecule has 0 aliphatic heterocycles. The van der Waals surface area contributed by atoms with Crippen molar-refractivity contribution in [2.75, 3.05) is 0 Å². The van der Waals surface area contributed by atoms with Crippen LogP contribution in [0.1, 0.15) is 0 Å². The molecule has 0 aliphatic rings. The summed E-state index contributed by atoms with van der Waals surface area (Å²) in [6, 6.07) is 0. The summed E-state index contributed by atoms with van der Waals surface area (Å²) < 4.78 is 0. The Morgan fingerprint density at radius 1 is 0.833 bits per heavy atom. The van der Waals surface area contributed by atoms with Gasteiger partial charge in [-0.2, -0.15) is 0 Å². The fourth-order valence-corrected chi connectivity index (χ4v) is 0. The minimum absolute atomic E-state index is 0. The zero-order valence-corrected chi connectivity index (χ0v) is 8.57. The molecular formula is C4H6Na2. The molecule has 0 heterocycles. The molecule has 0 aromatic rings. The third-order valence-electron chi connectivity index (χ3n) is 0.167. The maximum Gasteiger partial charge on any atom is 0 e. The van der Waals surface area contributed by atoms with Crippen molar-refractivity contribution in [3.8, 4) is 0 Å². The van der Waals surface area contributed by atoms with Gasteiger partial charge in [0.2, 0.25) is 0 Å². The Bertz CT molecular complexity index is 26.5. The molecule has 0 rings (SSSR count). The van der Waals surface area contributed by atoms with Crippen LogP contribution in [-0.2, 0) is 0 Å². The van der Waals surface area contributed by atoms with Crippen LogP contribution in [0.15, 0.2) is 25.3 Å². The van der Waals surface area contributed by atoms with Gasteiger partial charge in [0.25, 0.3) is 0 Å². The fourth-order valence-electron chi connectivity index (χ4n) is 0. The van der Waals surface area contributed by atoms with Crippen molar-refractivity contribution in [1.82, 2.24) is 0 Å². The van der Waals surface area contributed by atoms with Crippen LogP contribution in [0.4, 0.5) is 0 Å². The van der Waals surface area contributed by atoms with Crippen molar-refractivity contribution in [2.45, 2.75) is 0 Å². The molecule has 0 saturated carbocycles. The van der Waals surface area contributed by atoms with Gasteiger partial charge in [-0.05, 0) is 0 Å². The summed E-state index contributed by atoms with van der Waals surface area (Å²) in [6.07, 6.45) is 3.28. The Balaban J connectivity index is -0.0000000450. The van der Waals surface area contributed by atoms with Crippen LogP contribution < -0.4 is 0 Å². The summed E-state index contributed by atoms with van der Waals surface area (Å²) in [4.78, 5) is 0. The second kappa shape index (κ2) is 16.1. The Morgan fingerprint density at radius 2 is 1.00 bits per heavy atom. The predicted molar refractivity (Wildman–Crippen MR) is 31.9 cm³/mol. The van der Waals surface area contributed by atoms with Crippen molar-refractivity contribution in [3.05, 3.63) is 25.3 Å². The van der Waals surface area contributed by atoms with Crippen molar-refractivity contribution >= 4 is 59.1 Å². The van der Waals surface area contributed by atoms with E-state index in [0.29, 0.717) is 0 Å². The zero-order valence-electron chi connectivity index (χ0n) is 4.57. The zero-order chi connectivity index (χ0) is 3.41. The maximum atomic E-state index is 3.36. The van der Waals surface area contributed by atoms with E-state index in [1.54, 1.807) is 12.2 Å². The molecule has 0 fully saturated rings. The molecule has 0 aromatic carbocycles. The summed E-state index contributed by atoms with van der Waals surface area (Å²) >= 11 is 0. The molecule has 0 aliphatic carbocycles. The van der Waals surface area contributed by atoms with E-state index in [0.717, 1.165) is 0 Å². The van der Waals surface area contributed by atoms with E-state index in [9.17, 15) is 0 Å².